The van der Waals surface area contributed by atoms with Crippen molar-refractivity contribution in [3.8, 4) is 0 Å². The average molecular weight is 334 g/mol. The number of H-pyrrole nitrogens is 1. The first-order valence-corrected chi connectivity index (χ1v) is 7.56. The first kappa shape index (κ1) is 14.9. The fourth-order valence-corrected chi connectivity index (χ4v) is 2.46. The van der Waals surface area contributed by atoms with Crippen LogP contribution in [-0.2, 0) is 6.42 Å². The second-order valence-electron chi connectivity index (χ2n) is 4.84. The predicted molar refractivity (Wildman–Crippen MR) is 88.6 cm³/mol. The minimum atomic E-state index is -0.185. The number of nitrogens with one attached hydrogen (secondary N) is 2. The monoisotopic (exact) mass is 333 g/mol. The number of imidazole rings is 1. The normalized spacial score (nSPS) is 10.8. The van der Waals surface area contributed by atoms with Gasteiger partial charge in [-0.2, -0.15) is 0 Å². The maximum absolute atomic E-state index is 12.0. The zero-order chi connectivity index (χ0) is 15.5. The Morgan fingerprint density at radius 1 is 1.14 bits per heavy atom. The lowest BCUT2D eigenvalue weighted by molar-refractivity contribution is 0.0954. The highest BCUT2D eigenvalue weighted by Crippen LogP contribution is 2.22. The first-order valence-electron chi connectivity index (χ1n) is 6.80. The minimum Gasteiger partial charge on any atom is -0.352 e. The van der Waals surface area contributed by atoms with Gasteiger partial charge >= 0.3 is 0 Å². The van der Waals surface area contributed by atoms with Gasteiger partial charge in [-0.05, 0) is 30.3 Å². The number of hydrogen-bond acceptors (Lipinski definition) is 2. The first-order chi connectivity index (χ1) is 10.6. The van der Waals surface area contributed by atoms with Crippen molar-refractivity contribution >= 4 is 40.1 Å². The number of rotatable bonds is 4. The summed E-state index contributed by atoms with van der Waals surface area (Å²) in [5.41, 5.74) is 2.40. The number of carbonyl (C=O) groups is 1. The zero-order valence-corrected chi connectivity index (χ0v) is 13.1. The van der Waals surface area contributed by atoms with Gasteiger partial charge in [0.25, 0.3) is 5.91 Å². The highest BCUT2D eigenvalue weighted by Gasteiger charge is 2.08. The number of benzene rings is 2. The molecular weight excluding hydrogens is 321 g/mol. The number of fused-ring (bicyclic) bond motifs is 1. The van der Waals surface area contributed by atoms with Crippen LogP contribution in [0.4, 0.5) is 0 Å². The molecule has 4 nitrogen and oxygen atoms in total. The van der Waals surface area contributed by atoms with E-state index in [-0.39, 0.29) is 5.91 Å². The lowest BCUT2D eigenvalue weighted by atomic mass is 10.2. The fourth-order valence-electron chi connectivity index (χ4n) is 2.16. The van der Waals surface area contributed by atoms with Crippen molar-refractivity contribution < 1.29 is 4.79 Å². The molecule has 1 amide bonds. The van der Waals surface area contributed by atoms with Crippen LogP contribution < -0.4 is 5.32 Å². The third kappa shape index (κ3) is 3.24. The van der Waals surface area contributed by atoms with Crippen LogP contribution in [0.25, 0.3) is 11.0 Å². The van der Waals surface area contributed by atoms with Gasteiger partial charge < -0.3 is 10.3 Å². The molecule has 3 aromatic rings. The van der Waals surface area contributed by atoms with E-state index in [9.17, 15) is 4.79 Å². The summed E-state index contributed by atoms with van der Waals surface area (Å²) in [6.07, 6.45) is 0.627. The molecule has 0 spiro atoms. The number of aromatic nitrogens is 2. The van der Waals surface area contributed by atoms with Crippen LogP contribution in [-0.4, -0.2) is 22.4 Å². The maximum Gasteiger partial charge on any atom is 0.251 e. The molecule has 3 rings (SSSR count). The van der Waals surface area contributed by atoms with E-state index >= 15 is 0 Å². The van der Waals surface area contributed by atoms with E-state index in [0.29, 0.717) is 28.6 Å². The Hall–Kier alpha value is -2.04. The number of hydrogen-bond donors (Lipinski definition) is 2. The Kier molecular flexibility index (Phi) is 4.32. The Morgan fingerprint density at radius 2 is 1.95 bits per heavy atom. The Morgan fingerprint density at radius 3 is 2.73 bits per heavy atom. The van der Waals surface area contributed by atoms with Crippen LogP contribution in [0.5, 0.6) is 0 Å². The summed E-state index contributed by atoms with van der Waals surface area (Å²) in [5, 5.41) is 3.64. The molecule has 0 fully saturated rings. The smallest absolute Gasteiger partial charge is 0.251 e. The quantitative estimate of drug-likeness (QED) is 0.762. The van der Waals surface area contributed by atoms with Gasteiger partial charge in [0.15, 0.2) is 0 Å². The second-order valence-corrected chi connectivity index (χ2v) is 5.65. The van der Waals surface area contributed by atoms with E-state index in [1.165, 1.54) is 0 Å². The lowest BCUT2D eigenvalue weighted by Crippen LogP contribution is -2.25. The molecule has 0 aliphatic rings. The van der Waals surface area contributed by atoms with Crippen LogP contribution in [0.2, 0.25) is 10.0 Å². The van der Waals surface area contributed by atoms with Crippen LogP contribution in [0.1, 0.15) is 16.2 Å². The van der Waals surface area contributed by atoms with E-state index in [2.05, 4.69) is 15.3 Å². The Balaban J connectivity index is 1.60. The number of para-hydroxylation sites is 2. The van der Waals surface area contributed by atoms with Crippen LogP contribution in [0, 0.1) is 0 Å². The van der Waals surface area contributed by atoms with Crippen molar-refractivity contribution in [2.45, 2.75) is 6.42 Å². The molecule has 1 heterocycles. The third-order valence-electron chi connectivity index (χ3n) is 3.27. The summed E-state index contributed by atoms with van der Waals surface area (Å²) in [5.74, 6) is 0.658. The Labute approximate surface area is 137 Å². The van der Waals surface area contributed by atoms with Crippen LogP contribution in [0.15, 0.2) is 42.5 Å². The van der Waals surface area contributed by atoms with Crippen molar-refractivity contribution in [1.29, 1.82) is 0 Å². The van der Waals surface area contributed by atoms with E-state index in [1.807, 2.05) is 24.3 Å². The van der Waals surface area contributed by atoms with E-state index in [0.717, 1.165) is 16.9 Å². The third-order valence-corrected chi connectivity index (χ3v) is 4.01. The molecule has 0 radical (unpaired) electrons. The molecule has 0 aliphatic heterocycles. The van der Waals surface area contributed by atoms with Gasteiger partial charge in [0.2, 0.25) is 0 Å². The summed E-state index contributed by atoms with van der Waals surface area (Å²) in [6.45, 7) is 0.485. The van der Waals surface area contributed by atoms with Crippen molar-refractivity contribution in [2.75, 3.05) is 6.54 Å². The molecule has 0 unspecified atom stereocenters. The number of amides is 1. The van der Waals surface area contributed by atoms with Gasteiger partial charge in [0.05, 0.1) is 21.1 Å². The highest BCUT2D eigenvalue weighted by atomic mass is 35.5. The second kappa shape index (κ2) is 6.38. The number of carbonyl (C=O) groups excluding carboxylic acids is 1. The number of aromatic amines is 1. The molecule has 2 aromatic carbocycles. The molecular formula is C16H13Cl2N3O. The van der Waals surface area contributed by atoms with Gasteiger partial charge in [-0.1, -0.05) is 35.3 Å². The van der Waals surface area contributed by atoms with E-state index in [1.54, 1.807) is 18.2 Å². The molecule has 1 aromatic heterocycles. The summed E-state index contributed by atoms with van der Waals surface area (Å²) in [6, 6.07) is 12.6. The molecule has 6 heteroatoms. The van der Waals surface area contributed by atoms with Crippen molar-refractivity contribution in [3.63, 3.8) is 0 Å². The molecule has 0 saturated heterocycles. The molecule has 2 N–H and O–H groups in total. The van der Waals surface area contributed by atoms with E-state index in [4.69, 9.17) is 23.2 Å². The van der Waals surface area contributed by atoms with Crippen molar-refractivity contribution in [2.24, 2.45) is 0 Å². The SMILES string of the molecule is O=C(NCCc1nc2ccccc2[nH]1)c1ccc(Cl)c(Cl)c1. The number of nitrogens with zero attached hydrogens (tertiary/aromatic N) is 1. The molecule has 112 valence electrons. The van der Waals surface area contributed by atoms with Gasteiger partial charge in [-0.3, -0.25) is 4.79 Å². The minimum absolute atomic E-state index is 0.185. The summed E-state index contributed by atoms with van der Waals surface area (Å²) >= 11 is 11.7. The predicted octanol–water partition coefficient (Wildman–Crippen LogP) is 3.84. The van der Waals surface area contributed by atoms with Crippen LogP contribution >= 0.6 is 23.2 Å². The molecule has 0 bridgehead atoms. The summed E-state index contributed by atoms with van der Waals surface area (Å²) in [7, 11) is 0. The largest absolute Gasteiger partial charge is 0.352 e. The fraction of sp³-hybridized carbons (Fsp3) is 0.125. The van der Waals surface area contributed by atoms with Gasteiger partial charge in [0, 0.05) is 18.5 Å². The summed E-state index contributed by atoms with van der Waals surface area (Å²) < 4.78 is 0. The Bertz CT molecular complexity index is 796. The van der Waals surface area contributed by atoms with E-state index < -0.39 is 0 Å². The van der Waals surface area contributed by atoms with Crippen molar-refractivity contribution in [3.05, 3.63) is 63.9 Å². The summed E-state index contributed by atoms with van der Waals surface area (Å²) in [4.78, 5) is 19.7. The average Bonchev–Trinajstić information content (AvgIpc) is 2.92. The molecule has 0 aliphatic carbocycles. The molecule has 0 saturated carbocycles. The zero-order valence-electron chi connectivity index (χ0n) is 11.6. The standard InChI is InChI=1S/C16H13Cl2N3O/c17-11-6-5-10(9-12(11)18)16(22)19-8-7-15-20-13-3-1-2-4-14(13)21-15/h1-6,9H,7-8H2,(H,19,22)(H,20,21). The van der Waals surface area contributed by atoms with Crippen LogP contribution in [0.3, 0.4) is 0 Å². The topological polar surface area (TPSA) is 57.8 Å². The lowest BCUT2D eigenvalue weighted by Gasteiger charge is -2.05. The van der Waals surface area contributed by atoms with Crippen molar-refractivity contribution in [1.82, 2.24) is 15.3 Å². The number of halogens is 2. The van der Waals surface area contributed by atoms with Gasteiger partial charge in [0.1, 0.15) is 5.82 Å². The van der Waals surface area contributed by atoms with Gasteiger partial charge in [-0.25, -0.2) is 4.98 Å². The van der Waals surface area contributed by atoms with Gasteiger partial charge in [-0.15, -0.1) is 0 Å². The molecule has 0 atom stereocenters. The highest BCUT2D eigenvalue weighted by molar-refractivity contribution is 6.42. The maximum atomic E-state index is 12.0. The molecule has 22 heavy (non-hydrogen) atoms.